The number of hydrogen-bond donors (Lipinski definition) is 2. The highest BCUT2D eigenvalue weighted by atomic mass is 16.3. The van der Waals surface area contributed by atoms with Crippen molar-refractivity contribution in [1.29, 1.82) is 0 Å². The van der Waals surface area contributed by atoms with Gasteiger partial charge in [0.1, 0.15) is 0 Å². The number of hydrogen-bond acceptors (Lipinski definition) is 2. The Morgan fingerprint density at radius 2 is 2.05 bits per heavy atom. The van der Waals surface area contributed by atoms with E-state index in [0.717, 1.165) is 24.8 Å². The predicted octanol–water partition coefficient (Wildman–Crippen LogP) is 2.51. The standard InChI is InChI=1S/C17H25NO2/c1-4-16(14-9-15(19)10-14)18-17(20)8-13-6-5-11(2)12(3)7-13/h5-7,14-16,19H,4,8-10H2,1-3H3,(H,18,20). The van der Waals surface area contributed by atoms with Crippen LogP contribution in [-0.2, 0) is 11.2 Å². The summed E-state index contributed by atoms with van der Waals surface area (Å²) in [6.45, 7) is 6.24. The molecule has 0 spiro atoms. The zero-order valence-corrected chi connectivity index (χ0v) is 12.6. The number of amides is 1. The lowest BCUT2D eigenvalue weighted by molar-refractivity contribution is -0.122. The molecular weight excluding hydrogens is 250 g/mol. The summed E-state index contributed by atoms with van der Waals surface area (Å²) >= 11 is 0. The van der Waals surface area contributed by atoms with Gasteiger partial charge in [-0.05, 0) is 55.7 Å². The number of carbonyl (C=O) groups excluding carboxylic acids is 1. The largest absolute Gasteiger partial charge is 0.393 e. The first kappa shape index (κ1) is 15.0. The quantitative estimate of drug-likeness (QED) is 0.867. The Balaban J connectivity index is 1.89. The predicted molar refractivity (Wildman–Crippen MR) is 80.6 cm³/mol. The number of rotatable bonds is 5. The maximum atomic E-state index is 12.1. The molecule has 1 aliphatic rings. The van der Waals surface area contributed by atoms with Gasteiger partial charge in [-0.25, -0.2) is 0 Å². The van der Waals surface area contributed by atoms with Gasteiger partial charge in [0.05, 0.1) is 12.5 Å². The third kappa shape index (κ3) is 3.60. The van der Waals surface area contributed by atoms with E-state index in [9.17, 15) is 9.90 Å². The highest BCUT2D eigenvalue weighted by Gasteiger charge is 2.33. The van der Waals surface area contributed by atoms with Gasteiger partial charge in [-0.2, -0.15) is 0 Å². The van der Waals surface area contributed by atoms with Crippen LogP contribution in [0.1, 0.15) is 42.9 Å². The first-order valence-corrected chi connectivity index (χ1v) is 7.53. The molecule has 0 bridgehead atoms. The monoisotopic (exact) mass is 275 g/mol. The van der Waals surface area contributed by atoms with Crippen molar-refractivity contribution in [3.63, 3.8) is 0 Å². The van der Waals surface area contributed by atoms with Gasteiger partial charge >= 0.3 is 0 Å². The minimum atomic E-state index is -0.161. The average molecular weight is 275 g/mol. The van der Waals surface area contributed by atoms with Gasteiger partial charge < -0.3 is 10.4 Å². The minimum Gasteiger partial charge on any atom is -0.393 e. The van der Waals surface area contributed by atoms with Crippen molar-refractivity contribution >= 4 is 5.91 Å². The van der Waals surface area contributed by atoms with Gasteiger partial charge in [0.2, 0.25) is 5.91 Å². The van der Waals surface area contributed by atoms with E-state index in [2.05, 4.69) is 38.2 Å². The molecular formula is C17H25NO2. The van der Waals surface area contributed by atoms with E-state index >= 15 is 0 Å². The van der Waals surface area contributed by atoms with E-state index in [-0.39, 0.29) is 18.1 Å². The summed E-state index contributed by atoms with van der Waals surface area (Å²) in [5.41, 5.74) is 3.54. The topological polar surface area (TPSA) is 49.3 Å². The van der Waals surface area contributed by atoms with Crippen LogP contribution in [-0.4, -0.2) is 23.2 Å². The smallest absolute Gasteiger partial charge is 0.224 e. The van der Waals surface area contributed by atoms with E-state index in [1.165, 1.54) is 11.1 Å². The van der Waals surface area contributed by atoms with Gasteiger partial charge in [0, 0.05) is 6.04 Å². The highest BCUT2D eigenvalue weighted by molar-refractivity contribution is 5.79. The normalized spacial score (nSPS) is 23.0. The molecule has 1 atom stereocenters. The van der Waals surface area contributed by atoms with Crippen molar-refractivity contribution in [2.24, 2.45) is 5.92 Å². The molecule has 1 aromatic rings. The fourth-order valence-corrected chi connectivity index (χ4v) is 2.87. The SMILES string of the molecule is CCC(NC(=O)Cc1ccc(C)c(C)c1)C1CC(O)C1. The second-order valence-corrected chi connectivity index (χ2v) is 6.06. The number of nitrogens with one attached hydrogen (secondary N) is 1. The van der Waals surface area contributed by atoms with Gasteiger partial charge in [0.25, 0.3) is 0 Å². The van der Waals surface area contributed by atoms with Crippen LogP contribution in [0.15, 0.2) is 18.2 Å². The molecule has 3 heteroatoms. The molecule has 20 heavy (non-hydrogen) atoms. The first-order chi connectivity index (χ1) is 9.49. The van der Waals surface area contributed by atoms with Gasteiger partial charge in [-0.1, -0.05) is 25.1 Å². The van der Waals surface area contributed by atoms with Crippen molar-refractivity contribution in [1.82, 2.24) is 5.32 Å². The van der Waals surface area contributed by atoms with Crippen LogP contribution in [0.2, 0.25) is 0 Å². The number of aryl methyl sites for hydroxylation is 2. The van der Waals surface area contributed by atoms with Gasteiger partial charge in [-0.15, -0.1) is 0 Å². The van der Waals surface area contributed by atoms with Crippen molar-refractivity contribution in [2.45, 2.75) is 58.6 Å². The number of aliphatic hydroxyl groups excluding tert-OH is 1. The van der Waals surface area contributed by atoms with E-state index in [1.54, 1.807) is 0 Å². The minimum absolute atomic E-state index is 0.0847. The Kier molecular flexibility index (Phi) is 4.81. The molecule has 1 unspecified atom stereocenters. The molecule has 1 aliphatic carbocycles. The summed E-state index contributed by atoms with van der Waals surface area (Å²) in [5, 5.41) is 12.5. The lowest BCUT2D eigenvalue weighted by atomic mass is 9.76. The fraction of sp³-hybridized carbons (Fsp3) is 0.588. The Morgan fingerprint density at radius 1 is 1.35 bits per heavy atom. The van der Waals surface area contributed by atoms with Crippen LogP contribution in [0.3, 0.4) is 0 Å². The zero-order chi connectivity index (χ0) is 14.7. The molecule has 0 heterocycles. The number of carbonyl (C=O) groups is 1. The summed E-state index contributed by atoms with van der Waals surface area (Å²) in [6.07, 6.45) is 2.85. The molecule has 1 aromatic carbocycles. The van der Waals surface area contributed by atoms with Crippen LogP contribution in [0.4, 0.5) is 0 Å². The van der Waals surface area contributed by atoms with Crippen LogP contribution >= 0.6 is 0 Å². The molecule has 110 valence electrons. The van der Waals surface area contributed by atoms with E-state index in [0.29, 0.717) is 12.3 Å². The zero-order valence-electron chi connectivity index (χ0n) is 12.6. The maximum absolute atomic E-state index is 12.1. The molecule has 0 aromatic heterocycles. The molecule has 2 N–H and O–H groups in total. The molecule has 2 rings (SSSR count). The second kappa shape index (κ2) is 6.40. The van der Waals surface area contributed by atoms with E-state index in [1.807, 2.05) is 6.07 Å². The van der Waals surface area contributed by atoms with Crippen LogP contribution < -0.4 is 5.32 Å². The summed E-state index contributed by atoms with van der Waals surface area (Å²) in [4.78, 5) is 12.1. The molecule has 0 saturated heterocycles. The molecule has 1 saturated carbocycles. The summed E-state index contributed by atoms with van der Waals surface area (Å²) < 4.78 is 0. The van der Waals surface area contributed by atoms with Gasteiger partial charge in [0.15, 0.2) is 0 Å². The molecule has 3 nitrogen and oxygen atoms in total. The Morgan fingerprint density at radius 3 is 2.60 bits per heavy atom. The van der Waals surface area contributed by atoms with Crippen molar-refractivity contribution in [3.05, 3.63) is 34.9 Å². The number of benzene rings is 1. The van der Waals surface area contributed by atoms with Gasteiger partial charge in [-0.3, -0.25) is 4.79 Å². The summed E-state index contributed by atoms with van der Waals surface area (Å²) in [5.74, 6) is 0.528. The Labute approximate surface area is 121 Å². The lowest BCUT2D eigenvalue weighted by Gasteiger charge is -2.37. The molecule has 0 radical (unpaired) electrons. The second-order valence-electron chi connectivity index (χ2n) is 6.06. The summed E-state index contributed by atoms with van der Waals surface area (Å²) in [6, 6.07) is 6.38. The third-order valence-electron chi connectivity index (χ3n) is 4.44. The third-order valence-corrected chi connectivity index (χ3v) is 4.44. The molecule has 0 aliphatic heterocycles. The highest BCUT2D eigenvalue weighted by Crippen LogP contribution is 2.31. The maximum Gasteiger partial charge on any atom is 0.224 e. The van der Waals surface area contributed by atoms with Crippen LogP contribution in [0, 0.1) is 19.8 Å². The lowest BCUT2D eigenvalue weighted by Crippen LogP contribution is -2.47. The average Bonchev–Trinajstić information content (AvgIpc) is 2.37. The number of aliphatic hydroxyl groups is 1. The van der Waals surface area contributed by atoms with Crippen molar-refractivity contribution in [3.8, 4) is 0 Å². The van der Waals surface area contributed by atoms with Crippen LogP contribution in [0.5, 0.6) is 0 Å². The van der Waals surface area contributed by atoms with E-state index < -0.39 is 0 Å². The summed E-state index contributed by atoms with van der Waals surface area (Å²) in [7, 11) is 0. The van der Waals surface area contributed by atoms with Crippen molar-refractivity contribution in [2.75, 3.05) is 0 Å². The van der Waals surface area contributed by atoms with E-state index in [4.69, 9.17) is 0 Å². The fourth-order valence-electron chi connectivity index (χ4n) is 2.87. The molecule has 1 amide bonds. The Bertz CT molecular complexity index is 478. The molecule has 1 fully saturated rings. The van der Waals surface area contributed by atoms with Crippen LogP contribution in [0.25, 0.3) is 0 Å². The van der Waals surface area contributed by atoms with Crippen molar-refractivity contribution < 1.29 is 9.90 Å². The first-order valence-electron chi connectivity index (χ1n) is 7.53. The Hall–Kier alpha value is -1.35.